The number of aryl methyl sites for hydroxylation is 1. The van der Waals surface area contributed by atoms with Crippen molar-refractivity contribution in [3.8, 4) is 0 Å². The van der Waals surface area contributed by atoms with Crippen LogP contribution in [0.3, 0.4) is 0 Å². The number of ketones is 1. The number of rotatable bonds is 2. The monoisotopic (exact) mass is 280 g/mol. The van der Waals surface area contributed by atoms with Crippen molar-refractivity contribution in [1.29, 1.82) is 0 Å². The van der Waals surface area contributed by atoms with Crippen LogP contribution in [0.4, 0.5) is 0 Å². The second-order valence-electron chi connectivity index (χ2n) is 3.91. The van der Waals surface area contributed by atoms with Crippen molar-refractivity contribution in [2.75, 3.05) is 6.61 Å². The number of carbonyl (C=O) groups excluding carboxylic acids is 1. The number of hydrogen-bond acceptors (Lipinski definition) is 2. The third kappa shape index (κ3) is 2.35. The largest absolute Gasteiger partial charge is 0.501 e. The van der Waals surface area contributed by atoms with Crippen LogP contribution in [0.1, 0.15) is 28.8 Å². The lowest BCUT2D eigenvalue weighted by atomic mass is 9.99. The van der Waals surface area contributed by atoms with Gasteiger partial charge in [0.15, 0.2) is 5.78 Å². The summed E-state index contributed by atoms with van der Waals surface area (Å²) in [6, 6.07) is 5.66. The van der Waals surface area contributed by atoms with Crippen LogP contribution in [-0.4, -0.2) is 12.4 Å². The molecule has 1 heterocycles. The fourth-order valence-corrected chi connectivity index (χ4v) is 1.95. The van der Waals surface area contributed by atoms with Crippen molar-refractivity contribution in [1.82, 2.24) is 0 Å². The highest BCUT2D eigenvalue weighted by Gasteiger charge is 2.15. The first-order chi connectivity index (χ1) is 7.68. The summed E-state index contributed by atoms with van der Waals surface area (Å²) < 4.78 is 6.21. The maximum atomic E-state index is 12.1. The lowest BCUT2D eigenvalue weighted by molar-refractivity contribution is 0.101. The molecule has 0 fully saturated rings. The van der Waals surface area contributed by atoms with Crippen molar-refractivity contribution < 1.29 is 9.53 Å². The third-order valence-corrected chi connectivity index (χ3v) is 3.54. The van der Waals surface area contributed by atoms with Crippen molar-refractivity contribution in [3.05, 3.63) is 45.6 Å². The van der Waals surface area contributed by atoms with E-state index in [4.69, 9.17) is 4.74 Å². The molecule has 0 unspecified atom stereocenters. The van der Waals surface area contributed by atoms with Crippen LogP contribution in [-0.2, 0) is 4.74 Å². The van der Waals surface area contributed by atoms with Gasteiger partial charge in [-0.1, -0.05) is 15.9 Å². The quantitative estimate of drug-likeness (QED) is 0.774. The molecule has 0 radical (unpaired) electrons. The number of carbonyl (C=O) groups is 1. The Labute approximate surface area is 103 Å². The van der Waals surface area contributed by atoms with Crippen LogP contribution in [0.25, 0.3) is 0 Å². The first-order valence-corrected chi connectivity index (χ1v) is 6.09. The summed E-state index contributed by atoms with van der Waals surface area (Å²) in [7, 11) is 0. The van der Waals surface area contributed by atoms with Gasteiger partial charge in [-0.05, 0) is 43.5 Å². The van der Waals surface area contributed by atoms with Crippen LogP contribution >= 0.6 is 15.9 Å². The minimum atomic E-state index is 0.0790. The average Bonchev–Trinajstić information content (AvgIpc) is 2.33. The van der Waals surface area contributed by atoms with E-state index in [1.807, 2.05) is 25.1 Å². The summed E-state index contributed by atoms with van der Waals surface area (Å²) in [5.41, 5.74) is 2.58. The topological polar surface area (TPSA) is 26.3 Å². The highest BCUT2D eigenvalue weighted by atomic mass is 79.9. The summed E-state index contributed by atoms with van der Waals surface area (Å²) in [5.74, 6) is 0.0790. The molecule has 0 saturated carbocycles. The summed E-state index contributed by atoms with van der Waals surface area (Å²) in [6.45, 7) is 2.70. The zero-order valence-corrected chi connectivity index (χ0v) is 10.7. The van der Waals surface area contributed by atoms with E-state index in [2.05, 4.69) is 15.9 Å². The first kappa shape index (κ1) is 11.4. The van der Waals surface area contributed by atoms with E-state index in [9.17, 15) is 4.79 Å². The minimum Gasteiger partial charge on any atom is -0.501 e. The predicted octanol–water partition coefficient (Wildman–Crippen LogP) is 3.63. The molecule has 1 aliphatic rings. The molecular weight excluding hydrogens is 268 g/mol. The Kier molecular flexibility index (Phi) is 3.44. The number of Topliss-reactive ketones (excluding diaryl/α,β-unsaturated/α-hetero) is 1. The molecule has 1 aliphatic heterocycles. The van der Waals surface area contributed by atoms with E-state index in [0.29, 0.717) is 0 Å². The molecule has 0 atom stereocenters. The highest BCUT2D eigenvalue weighted by molar-refractivity contribution is 9.10. The molecule has 0 N–H and O–H groups in total. The second-order valence-corrected chi connectivity index (χ2v) is 4.76. The van der Waals surface area contributed by atoms with Crippen molar-refractivity contribution in [3.63, 3.8) is 0 Å². The Morgan fingerprint density at radius 1 is 1.44 bits per heavy atom. The lowest BCUT2D eigenvalue weighted by Gasteiger charge is -2.13. The summed E-state index contributed by atoms with van der Waals surface area (Å²) in [6.07, 6.45) is 3.34. The van der Waals surface area contributed by atoms with Gasteiger partial charge in [-0.15, -0.1) is 0 Å². The molecule has 84 valence electrons. The Hall–Kier alpha value is -1.09. The van der Waals surface area contributed by atoms with Crippen molar-refractivity contribution in [2.24, 2.45) is 0 Å². The van der Waals surface area contributed by atoms with E-state index in [0.717, 1.165) is 40.6 Å². The zero-order valence-electron chi connectivity index (χ0n) is 9.13. The number of benzene rings is 1. The lowest BCUT2D eigenvalue weighted by Crippen LogP contribution is -2.09. The molecule has 0 amide bonds. The van der Waals surface area contributed by atoms with E-state index < -0.39 is 0 Å². The Morgan fingerprint density at radius 2 is 2.25 bits per heavy atom. The Bertz CT molecular complexity index is 449. The third-order valence-electron chi connectivity index (χ3n) is 2.65. The zero-order chi connectivity index (χ0) is 11.5. The highest BCUT2D eigenvalue weighted by Crippen LogP contribution is 2.21. The van der Waals surface area contributed by atoms with E-state index >= 15 is 0 Å². The molecular formula is C13H13BrO2. The molecule has 2 rings (SSSR count). The number of halogens is 1. The van der Waals surface area contributed by atoms with Crippen LogP contribution in [0.5, 0.6) is 0 Å². The molecule has 16 heavy (non-hydrogen) atoms. The molecule has 0 saturated heterocycles. The van der Waals surface area contributed by atoms with E-state index in [-0.39, 0.29) is 5.78 Å². The molecule has 3 heteroatoms. The fourth-order valence-electron chi connectivity index (χ4n) is 1.70. The number of ether oxygens (including phenoxy) is 1. The van der Waals surface area contributed by atoms with Gasteiger partial charge in [-0.2, -0.15) is 0 Å². The number of allylic oxidation sites excluding steroid dienone is 1. The van der Waals surface area contributed by atoms with Gasteiger partial charge in [0, 0.05) is 15.6 Å². The van der Waals surface area contributed by atoms with Crippen molar-refractivity contribution >= 4 is 21.7 Å². The number of hydrogen-bond donors (Lipinski definition) is 0. The van der Waals surface area contributed by atoms with Gasteiger partial charge in [0.2, 0.25) is 0 Å². The van der Waals surface area contributed by atoms with Gasteiger partial charge in [0.1, 0.15) is 0 Å². The Morgan fingerprint density at radius 3 is 2.88 bits per heavy atom. The van der Waals surface area contributed by atoms with Gasteiger partial charge in [0.25, 0.3) is 0 Å². The second kappa shape index (κ2) is 4.83. The van der Waals surface area contributed by atoms with Crippen LogP contribution in [0.15, 0.2) is 34.5 Å². The maximum Gasteiger partial charge on any atom is 0.192 e. The molecule has 0 aliphatic carbocycles. The van der Waals surface area contributed by atoms with Crippen LogP contribution in [0.2, 0.25) is 0 Å². The first-order valence-electron chi connectivity index (χ1n) is 5.30. The summed E-state index contributed by atoms with van der Waals surface area (Å²) >= 11 is 3.42. The summed E-state index contributed by atoms with van der Waals surface area (Å²) in [5, 5.41) is 0. The standard InChI is InChI=1S/C13H13BrO2/c1-9-7-10(4-5-12(9)14)13(15)11-3-2-6-16-8-11/h4-5,7-8H,2-3,6H2,1H3. The maximum absolute atomic E-state index is 12.1. The van der Waals surface area contributed by atoms with Gasteiger partial charge in [-0.3, -0.25) is 4.79 Å². The Balaban J connectivity index is 2.26. The van der Waals surface area contributed by atoms with Gasteiger partial charge >= 0.3 is 0 Å². The van der Waals surface area contributed by atoms with Crippen LogP contribution in [0, 0.1) is 6.92 Å². The normalized spacial score (nSPS) is 15.2. The van der Waals surface area contributed by atoms with Gasteiger partial charge < -0.3 is 4.74 Å². The van der Waals surface area contributed by atoms with Gasteiger partial charge in [-0.25, -0.2) is 0 Å². The van der Waals surface area contributed by atoms with E-state index in [1.54, 1.807) is 6.26 Å². The predicted molar refractivity (Wildman–Crippen MR) is 66.5 cm³/mol. The SMILES string of the molecule is Cc1cc(C(=O)C2=COCCC2)ccc1Br. The molecule has 1 aromatic carbocycles. The van der Waals surface area contributed by atoms with Crippen LogP contribution < -0.4 is 0 Å². The minimum absolute atomic E-state index is 0.0790. The van der Waals surface area contributed by atoms with E-state index in [1.165, 1.54) is 0 Å². The summed E-state index contributed by atoms with van der Waals surface area (Å²) in [4.78, 5) is 12.1. The average molecular weight is 281 g/mol. The smallest absolute Gasteiger partial charge is 0.192 e. The molecule has 1 aromatic rings. The van der Waals surface area contributed by atoms with Crippen molar-refractivity contribution in [2.45, 2.75) is 19.8 Å². The molecule has 0 spiro atoms. The van der Waals surface area contributed by atoms with Gasteiger partial charge in [0.05, 0.1) is 12.9 Å². The fraction of sp³-hybridized carbons (Fsp3) is 0.308. The molecule has 2 nitrogen and oxygen atoms in total. The molecule has 0 aromatic heterocycles. The molecule has 0 bridgehead atoms.